The minimum absolute atomic E-state index is 0.120. The molecule has 1 N–H and O–H groups in total. The van der Waals surface area contributed by atoms with Crippen molar-refractivity contribution in [1.82, 2.24) is 5.06 Å². The van der Waals surface area contributed by atoms with Crippen LogP contribution in [0.1, 0.15) is 84.5 Å². The summed E-state index contributed by atoms with van der Waals surface area (Å²) >= 11 is 0. The molecule has 0 heterocycles. The molecule has 3 aliphatic rings. The summed E-state index contributed by atoms with van der Waals surface area (Å²) in [5.41, 5.74) is -0.327. The Morgan fingerprint density at radius 2 is 1.73 bits per heavy atom. The number of carbonyl (C=O) groups excluding carboxylic acids is 1. The van der Waals surface area contributed by atoms with Gasteiger partial charge in [0, 0.05) is 13.0 Å². The fourth-order valence-corrected chi connectivity index (χ4v) is 6.63. The second-order valence-corrected chi connectivity index (χ2v) is 9.86. The maximum absolute atomic E-state index is 12.9. The molecule has 3 fully saturated rings. The van der Waals surface area contributed by atoms with Crippen LogP contribution in [-0.2, 0) is 9.63 Å². The summed E-state index contributed by atoms with van der Waals surface area (Å²) in [6, 6.07) is 0. The fraction of sp³-hybridized carbons (Fsp3) is 0.955. The molecule has 3 saturated carbocycles. The molecule has 4 heteroatoms. The normalized spacial score (nSPS) is 44.0. The van der Waals surface area contributed by atoms with Gasteiger partial charge in [0.15, 0.2) is 0 Å². The third-order valence-corrected chi connectivity index (χ3v) is 8.26. The van der Waals surface area contributed by atoms with Crippen LogP contribution in [0.4, 0.5) is 0 Å². The van der Waals surface area contributed by atoms with E-state index in [4.69, 9.17) is 4.84 Å². The van der Waals surface area contributed by atoms with Gasteiger partial charge in [0.2, 0.25) is 5.91 Å². The molecule has 0 bridgehead atoms. The van der Waals surface area contributed by atoms with Crippen LogP contribution in [0, 0.1) is 29.1 Å². The van der Waals surface area contributed by atoms with E-state index in [9.17, 15) is 9.90 Å². The van der Waals surface area contributed by atoms with Gasteiger partial charge in [-0.25, -0.2) is 5.06 Å². The van der Waals surface area contributed by atoms with Crippen molar-refractivity contribution in [3.8, 4) is 0 Å². The third kappa shape index (κ3) is 3.82. The number of fused-ring (bicyclic) bond motifs is 3. The fourth-order valence-electron chi connectivity index (χ4n) is 6.63. The van der Waals surface area contributed by atoms with Gasteiger partial charge in [-0.05, 0) is 75.0 Å². The lowest BCUT2D eigenvalue weighted by atomic mass is 9.56. The number of rotatable bonds is 2. The molecule has 0 aromatic carbocycles. The Hall–Kier alpha value is -0.610. The monoisotopic (exact) mass is 365 g/mol. The second-order valence-electron chi connectivity index (χ2n) is 9.86. The van der Waals surface area contributed by atoms with Crippen molar-refractivity contribution >= 4 is 5.91 Å². The lowest BCUT2D eigenvalue weighted by Crippen LogP contribution is -2.46. The molecule has 6 atom stereocenters. The molecule has 0 aromatic heterocycles. The zero-order valence-corrected chi connectivity index (χ0v) is 17.3. The summed E-state index contributed by atoms with van der Waals surface area (Å²) in [5, 5.41) is 11.9. The summed E-state index contributed by atoms with van der Waals surface area (Å²) < 4.78 is 0. The van der Waals surface area contributed by atoms with Crippen molar-refractivity contribution < 1.29 is 14.7 Å². The minimum Gasteiger partial charge on any atom is -0.390 e. The van der Waals surface area contributed by atoms with E-state index < -0.39 is 5.60 Å². The highest BCUT2D eigenvalue weighted by molar-refractivity contribution is 5.79. The second kappa shape index (κ2) is 7.79. The van der Waals surface area contributed by atoms with E-state index in [0.29, 0.717) is 5.92 Å². The van der Waals surface area contributed by atoms with Crippen molar-refractivity contribution in [2.45, 2.75) is 90.1 Å². The quantitative estimate of drug-likeness (QED) is 0.730. The molecule has 3 rings (SSSR count). The maximum atomic E-state index is 12.9. The lowest BCUT2D eigenvalue weighted by Gasteiger charge is -2.49. The van der Waals surface area contributed by atoms with E-state index in [-0.39, 0.29) is 17.2 Å². The van der Waals surface area contributed by atoms with Crippen LogP contribution in [0.5, 0.6) is 0 Å². The van der Waals surface area contributed by atoms with Crippen molar-refractivity contribution in [2.75, 3.05) is 14.2 Å². The Morgan fingerprint density at radius 3 is 2.46 bits per heavy atom. The van der Waals surface area contributed by atoms with Crippen molar-refractivity contribution in [2.24, 2.45) is 29.1 Å². The molecule has 150 valence electrons. The molecule has 26 heavy (non-hydrogen) atoms. The Kier molecular flexibility index (Phi) is 6.03. The number of aliphatic hydroxyl groups is 1. The van der Waals surface area contributed by atoms with E-state index in [1.54, 1.807) is 14.2 Å². The van der Waals surface area contributed by atoms with Gasteiger partial charge in [-0.15, -0.1) is 0 Å². The summed E-state index contributed by atoms with van der Waals surface area (Å²) in [4.78, 5) is 18.1. The summed E-state index contributed by atoms with van der Waals surface area (Å²) in [7, 11) is 3.33. The standard InChI is InChI=1S/C22H39NO3/c1-21(25)13-6-5-9-17-16(8-7-14-21)12-15-22(2)18(17)10-11-19(22)20(24)23(3)26-4/h16-19,25H,5-15H2,1-4H3. The van der Waals surface area contributed by atoms with Gasteiger partial charge in [-0.2, -0.15) is 0 Å². The topological polar surface area (TPSA) is 49.8 Å². The maximum Gasteiger partial charge on any atom is 0.249 e. The van der Waals surface area contributed by atoms with Crippen LogP contribution >= 0.6 is 0 Å². The van der Waals surface area contributed by atoms with Crippen molar-refractivity contribution in [3.63, 3.8) is 0 Å². The number of hydrogen-bond acceptors (Lipinski definition) is 3. The lowest BCUT2D eigenvalue weighted by molar-refractivity contribution is -0.178. The molecule has 0 radical (unpaired) electrons. The number of nitrogens with zero attached hydrogens (tertiary/aromatic N) is 1. The summed E-state index contributed by atoms with van der Waals surface area (Å²) in [5.74, 6) is 2.53. The smallest absolute Gasteiger partial charge is 0.249 e. The van der Waals surface area contributed by atoms with E-state index in [0.717, 1.165) is 43.9 Å². The van der Waals surface area contributed by atoms with E-state index in [1.807, 2.05) is 6.92 Å². The first-order valence-corrected chi connectivity index (χ1v) is 10.8. The van der Waals surface area contributed by atoms with Gasteiger partial charge in [-0.3, -0.25) is 9.63 Å². The molecular formula is C22H39NO3. The molecule has 0 aromatic rings. The largest absolute Gasteiger partial charge is 0.390 e. The van der Waals surface area contributed by atoms with E-state index >= 15 is 0 Å². The predicted octanol–water partition coefficient (Wildman–Crippen LogP) is 4.56. The first-order chi connectivity index (χ1) is 12.3. The predicted molar refractivity (Wildman–Crippen MR) is 103 cm³/mol. The zero-order chi connectivity index (χ0) is 18.9. The molecule has 4 nitrogen and oxygen atoms in total. The highest BCUT2D eigenvalue weighted by atomic mass is 16.7. The molecule has 0 aliphatic heterocycles. The van der Waals surface area contributed by atoms with Gasteiger partial charge >= 0.3 is 0 Å². The number of hydroxylamine groups is 2. The van der Waals surface area contributed by atoms with Gasteiger partial charge in [0.25, 0.3) is 0 Å². The summed E-state index contributed by atoms with van der Waals surface area (Å²) in [6.07, 6.45) is 12.6. The average molecular weight is 366 g/mol. The molecule has 1 amide bonds. The van der Waals surface area contributed by atoms with Crippen LogP contribution in [0.3, 0.4) is 0 Å². The Bertz CT molecular complexity index is 506. The first kappa shape index (κ1) is 20.1. The van der Waals surface area contributed by atoms with Gasteiger partial charge in [0.05, 0.1) is 12.7 Å². The van der Waals surface area contributed by atoms with Gasteiger partial charge < -0.3 is 5.11 Å². The minimum atomic E-state index is -0.467. The highest BCUT2D eigenvalue weighted by Gasteiger charge is 2.56. The average Bonchev–Trinajstić information content (AvgIpc) is 2.95. The molecule has 0 spiro atoms. The van der Waals surface area contributed by atoms with Gasteiger partial charge in [-0.1, -0.05) is 32.6 Å². The highest BCUT2D eigenvalue weighted by Crippen LogP contribution is 2.61. The van der Waals surface area contributed by atoms with Crippen LogP contribution in [-0.4, -0.2) is 35.8 Å². The number of amides is 1. The van der Waals surface area contributed by atoms with Crippen LogP contribution < -0.4 is 0 Å². The SMILES string of the molecule is CON(C)C(=O)C1CCC2C3CCCCC(C)(O)CCCC3CCC12C. The van der Waals surface area contributed by atoms with Crippen LogP contribution in [0.25, 0.3) is 0 Å². The van der Waals surface area contributed by atoms with Crippen LogP contribution in [0.2, 0.25) is 0 Å². The molecule has 0 saturated heterocycles. The molecule has 6 unspecified atom stereocenters. The number of carbonyl (C=O) groups is 1. The number of hydrogen-bond donors (Lipinski definition) is 1. The molecular weight excluding hydrogens is 326 g/mol. The zero-order valence-electron chi connectivity index (χ0n) is 17.3. The van der Waals surface area contributed by atoms with E-state index in [1.165, 1.54) is 43.6 Å². The third-order valence-electron chi connectivity index (χ3n) is 8.26. The summed E-state index contributed by atoms with van der Waals surface area (Å²) in [6.45, 7) is 4.40. The first-order valence-electron chi connectivity index (χ1n) is 10.8. The van der Waals surface area contributed by atoms with Gasteiger partial charge in [0.1, 0.15) is 0 Å². The van der Waals surface area contributed by atoms with Crippen LogP contribution in [0.15, 0.2) is 0 Å². The molecule has 3 aliphatic carbocycles. The Labute approximate surface area is 159 Å². The van der Waals surface area contributed by atoms with Crippen molar-refractivity contribution in [3.05, 3.63) is 0 Å². The van der Waals surface area contributed by atoms with Crippen molar-refractivity contribution in [1.29, 1.82) is 0 Å². The Morgan fingerprint density at radius 1 is 1.00 bits per heavy atom. The Balaban J connectivity index is 1.74. The van der Waals surface area contributed by atoms with E-state index in [2.05, 4.69) is 6.92 Å².